The van der Waals surface area contributed by atoms with Crippen LogP contribution in [0.3, 0.4) is 0 Å². The molecule has 1 aromatic rings. The molecule has 0 bridgehead atoms. The average molecular weight is 248 g/mol. The van der Waals surface area contributed by atoms with E-state index in [1.54, 1.807) is 0 Å². The van der Waals surface area contributed by atoms with E-state index in [4.69, 9.17) is 0 Å². The van der Waals surface area contributed by atoms with Gasteiger partial charge in [0.15, 0.2) is 0 Å². The van der Waals surface area contributed by atoms with Crippen molar-refractivity contribution in [3.8, 4) is 0 Å². The summed E-state index contributed by atoms with van der Waals surface area (Å²) in [6.07, 6.45) is 0. The molecule has 0 radical (unpaired) electrons. The highest BCUT2D eigenvalue weighted by atomic mass is 32.7. The zero-order chi connectivity index (χ0) is 11.6. The molecule has 0 N–H and O–H groups in total. The second-order valence-electron chi connectivity index (χ2n) is 2.46. The van der Waals surface area contributed by atoms with Gasteiger partial charge in [-0.25, -0.2) is 0 Å². The van der Waals surface area contributed by atoms with Crippen LogP contribution in [-0.4, -0.2) is 14.4 Å². The largest absolute Gasteiger partial charge is 0.610 e. The molecular weight excluding hydrogens is 243 g/mol. The fraction of sp³-hybridized carbons (Fsp3) is 0. The average Bonchev–Trinajstić information content (AvgIpc) is 2.16. The van der Waals surface area contributed by atoms with Crippen LogP contribution in [0.2, 0.25) is 0 Å². The Morgan fingerprint density at radius 3 is 2.20 bits per heavy atom. The van der Waals surface area contributed by atoms with Crippen molar-refractivity contribution < 1.29 is 14.4 Å². The summed E-state index contributed by atoms with van der Waals surface area (Å²) in [6.45, 7) is 0. The molecule has 0 aliphatic carbocycles. The molecule has 7 nitrogen and oxygen atoms in total. The highest BCUT2D eigenvalue weighted by Gasteiger charge is 2.25. The number of rotatable bonds is 3. The van der Waals surface area contributed by atoms with Crippen LogP contribution in [0.15, 0.2) is 23.1 Å². The maximum absolute atomic E-state index is 11.1. The van der Waals surface area contributed by atoms with Crippen LogP contribution in [0, 0.1) is 20.2 Å². The molecule has 0 saturated carbocycles. The molecule has 0 spiro atoms. The van der Waals surface area contributed by atoms with E-state index < -0.39 is 32.0 Å². The summed E-state index contributed by atoms with van der Waals surface area (Å²) in [4.78, 5) is 19.3. The molecule has 0 saturated heterocycles. The number of non-ortho nitro benzene ring substituents is 1. The molecule has 1 aromatic carbocycles. The zero-order valence-corrected chi connectivity index (χ0v) is 9.12. The van der Waals surface area contributed by atoms with Gasteiger partial charge in [0.05, 0.1) is 24.4 Å². The van der Waals surface area contributed by atoms with E-state index in [1.807, 2.05) is 8.44 Å². The molecule has 2 atom stereocenters. The van der Waals surface area contributed by atoms with E-state index in [9.17, 15) is 24.8 Å². The lowest BCUT2D eigenvalue weighted by Crippen LogP contribution is -1.99. The lowest BCUT2D eigenvalue weighted by Gasteiger charge is -2.03. The Labute approximate surface area is 88.9 Å². The minimum atomic E-state index is -1.63. The molecule has 2 unspecified atom stereocenters. The van der Waals surface area contributed by atoms with E-state index in [1.165, 1.54) is 0 Å². The van der Waals surface area contributed by atoms with E-state index in [-0.39, 0.29) is 4.90 Å². The Morgan fingerprint density at radius 1 is 1.20 bits per heavy atom. The zero-order valence-electron chi connectivity index (χ0n) is 7.15. The third-order valence-corrected chi connectivity index (χ3v) is 3.11. The standard InChI is InChI=1S/C6H5N2O5PS/c9-7(10)4-1-2-6(15(13)14)5(3-4)8(11)12/h1-3H,14H2. The number of nitro benzene ring substituents is 2. The van der Waals surface area contributed by atoms with Crippen molar-refractivity contribution in [3.05, 3.63) is 38.4 Å². The van der Waals surface area contributed by atoms with Crippen molar-refractivity contribution in [1.82, 2.24) is 0 Å². The van der Waals surface area contributed by atoms with Gasteiger partial charge in [-0.1, -0.05) is 0 Å². The van der Waals surface area contributed by atoms with Crippen LogP contribution < -0.4 is 0 Å². The summed E-state index contributed by atoms with van der Waals surface area (Å²) >= 11 is 0. The minimum Gasteiger partial charge on any atom is -0.610 e. The first-order chi connectivity index (χ1) is 6.93. The number of nitrogens with zero attached hydrogens (tertiary/aromatic N) is 2. The molecule has 80 valence electrons. The first kappa shape index (κ1) is 11.8. The van der Waals surface area contributed by atoms with E-state index in [0.717, 1.165) is 18.2 Å². The lowest BCUT2D eigenvalue weighted by atomic mass is 10.3. The first-order valence-electron chi connectivity index (χ1n) is 3.52. The quantitative estimate of drug-likeness (QED) is 0.347. The van der Waals surface area contributed by atoms with Gasteiger partial charge >= 0.3 is 5.69 Å². The number of benzene rings is 1. The molecule has 0 aliphatic heterocycles. The van der Waals surface area contributed by atoms with Gasteiger partial charge < -0.3 is 4.55 Å². The predicted molar refractivity (Wildman–Crippen MR) is 55.9 cm³/mol. The molecule has 0 aromatic heterocycles. The molecule has 0 fully saturated rings. The van der Waals surface area contributed by atoms with Crippen molar-refractivity contribution in [1.29, 1.82) is 0 Å². The molecular formula is C6H5N2O5PS. The Balaban J connectivity index is 3.33. The van der Waals surface area contributed by atoms with Crippen molar-refractivity contribution in [2.45, 2.75) is 4.90 Å². The molecule has 1 rings (SSSR count). The van der Waals surface area contributed by atoms with E-state index in [0.29, 0.717) is 0 Å². The Hall–Kier alpha value is -1.24. The van der Waals surface area contributed by atoms with Crippen molar-refractivity contribution in [3.63, 3.8) is 0 Å². The van der Waals surface area contributed by atoms with Gasteiger partial charge in [0.25, 0.3) is 5.69 Å². The lowest BCUT2D eigenvalue weighted by molar-refractivity contribution is -0.396. The topological polar surface area (TPSA) is 109 Å². The Morgan fingerprint density at radius 2 is 1.80 bits per heavy atom. The van der Waals surface area contributed by atoms with E-state index in [2.05, 4.69) is 0 Å². The van der Waals surface area contributed by atoms with Crippen LogP contribution in [-0.2, 0) is 10.8 Å². The molecule has 0 heterocycles. The van der Waals surface area contributed by atoms with Crippen LogP contribution in [0.25, 0.3) is 0 Å². The predicted octanol–water partition coefficient (Wildman–Crippen LogP) is 1.40. The summed E-state index contributed by atoms with van der Waals surface area (Å²) in [6, 6.07) is 2.97. The number of hydrogen-bond donors (Lipinski definition) is 0. The van der Waals surface area contributed by atoms with Gasteiger partial charge in [-0.3, -0.25) is 20.2 Å². The number of nitro groups is 2. The second kappa shape index (κ2) is 4.52. The van der Waals surface area contributed by atoms with E-state index >= 15 is 0 Å². The second-order valence-corrected chi connectivity index (χ2v) is 4.78. The van der Waals surface area contributed by atoms with Gasteiger partial charge in [-0.2, -0.15) is 0 Å². The van der Waals surface area contributed by atoms with Crippen molar-refractivity contribution >= 4 is 30.6 Å². The maximum atomic E-state index is 11.1. The van der Waals surface area contributed by atoms with Gasteiger partial charge in [-0.15, -0.1) is 0 Å². The molecule has 15 heavy (non-hydrogen) atoms. The fourth-order valence-corrected chi connectivity index (χ4v) is 2.07. The van der Waals surface area contributed by atoms with Crippen molar-refractivity contribution in [2.75, 3.05) is 0 Å². The first-order valence-corrected chi connectivity index (χ1v) is 6.15. The van der Waals surface area contributed by atoms with Crippen LogP contribution in [0.1, 0.15) is 0 Å². The highest BCUT2D eigenvalue weighted by Crippen LogP contribution is 2.31. The Kier molecular flexibility index (Phi) is 3.57. The third-order valence-electron chi connectivity index (χ3n) is 1.57. The van der Waals surface area contributed by atoms with Crippen LogP contribution >= 0.6 is 8.44 Å². The third kappa shape index (κ3) is 2.62. The molecule has 0 amide bonds. The van der Waals surface area contributed by atoms with Crippen LogP contribution in [0.4, 0.5) is 11.4 Å². The summed E-state index contributed by atoms with van der Waals surface area (Å²) in [5, 5.41) is 20.9. The number of hydrogen-bond acceptors (Lipinski definition) is 5. The summed E-state index contributed by atoms with van der Waals surface area (Å²) in [7, 11) is 0.259. The van der Waals surface area contributed by atoms with Gasteiger partial charge in [0, 0.05) is 22.9 Å². The SMILES string of the molecule is O=[N+]([O-])c1ccc([S+]([O-])P)c([N+](=O)[O-])c1. The van der Waals surface area contributed by atoms with Gasteiger partial charge in [-0.05, 0) is 0 Å². The van der Waals surface area contributed by atoms with Gasteiger partial charge in [0.2, 0.25) is 4.90 Å². The molecule has 0 aliphatic rings. The minimum absolute atomic E-state index is 0.0596. The highest BCUT2D eigenvalue weighted by molar-refractivity contribution is 8.37. The maximum Gasteiger partial charge on any atom is 0.330 e. The fourth-order valence-electron chi connectivity index (χ4n) is 0.932. The van der Waals surface area contributed by atoms with Gasteiger partial charge in [0.1, 0.15) is 0 Å². The molecule has 9 heteroatoms. The monoisotopic (exact) mass is 248 g/mol. The summed E-state index contributed by atoms with van der Waals surface area (Å²) < 4.78 is 11.1. The van der Waals surface area contributed by atoms with Crippen molar-refractivity contribution in [2.24, 2.45) is 0 Å². The summed E-state index contributed by atoms with van der Waals surface area (Å²) in [5.41, 5.74) is -0.918. The smallest absolute Gasteiger partial charge is 0.330 e. The Bertz CT molecular complexity index is 424. The summed E-state index contributed by atoms with van der Waals surface area (Å²) in [5.74, 6) is 0. The van der Waals surface area contributed by atoms with Crippen LogP contribution in [0.5, 0.6) is 0 Å². The normalized spacial score (nSPS) is 12.1.